The molecule has 0 aliphatic rings. The van der Waals surface area contributed by atoms with Gasteiger partial charge in [0.25, 0.3) is 0 Å². The van der Waals surface area contributed by atoms with Crippen molar-refractivity contribution in [3.8, 4) is 11.1 Å². The second kappa shape index (κ2) is 5.29. The largest absolute Gasteiger partial charge is 0.407 e. The molecule has 0 heterocycles. The highest BCUT2D eigenvalue weighted by Crippen LogP contribution is 2.39. The molecule has 2 aromatic rings. The Morgan fingerprint density at radius 2 is 1.65 bits per heavy atom. The minimum Gasteiger partial charge on any atom is -0.238 e. The van der Waals surface area contributed by atoms with Crippen LogP contribution in [0.5, 0.6) is 0 Å². The second-order valence-corrected chi connectivity index (χ2v) is 5.16. The molecule has 0 atom stereocenters. The molecule has 0 spiro atoms. The molecule has 1 nitrogen and oxygen atoms in total. The van der Waals surface area contributed by atoms with Crippen molar-refractivity contribution in [1.82, 2.24) is 0 Å². The molecule has 2 rings (SSSR count). The van der Waals surface area contributed by atoms with Crippen LogP contribution in [0.3, 0.4) is 0 Å². The summed E-state index contributed by atoms with van der Waals surface area (Å²) >= 11 is 3.36. The van der Waals surface area contributed by atoms with Gasteiger partial charge >= 0.3 is 6.18 Å². The fourth-order valence-corrected chi connectivity index (χ4v) is 2.19. The van der Waals surface area contributed by atoms with Crippen molar-refractivity contribution < 1.29 is 13.2 Å². The van der Waals surface area contributed by atoms with Crippen LogP contribution in [0.4, 0.5) is 18.9 Å². The van der Waals surface area contributed by atoms with E-state index in [0.717, 1.165) is 16.1 Å². The number of hydrogen-bond donors (Lipinski definition) is 0. The van der Waals surface area contributed by atoms with Gasteiger partial charge in [-0.3, -0.25) is 0 Å². The minimum atomic E-state index is -4.53. The zero-order chi connectivity index (χ0) is 14.9. The highest BCUT2D eigenvalue weighted by atomic mass is 79.9. The molecule has 0 unspecified atom stereocenters. The summed E-state index contributed by atoms with van der Waals surface area (Å²) in [6.45, 7) is 8.72. The van der Waals surface area contributed by atoms with E-state index in [2.05, 4.69) is 20.8 Å². The molecule has 0 aromatic heterocycles. The number of hydrogen-bond acceptors (Lipinski definition) is 0. The van der Waals surface area contributed by atoms with E-state index >= 15 is 0 Å². The predicted octanol–water partition coefficient (Wildman–Crippen LogP) is 5.99. The third-order valence-electron chi connectivity index (χ3n) is 2.93. The first-order valence-corrected chi connectivity index (χ1v) is 6.47. The van der Waals surface area contributed by atoms with Gasteiger partial charge in [-0.2, -0.15) is 13.2 Å². The van der Waals surface area contributed by atoms with Gasteiger partial charge in [0.05, 0.1) is 12.1 Å². The maximum absolute atomic E-state index is 12.9. The third kappa shape index (κ3) is 2.86. The molecule has 102 valence electrons. The summed E-state index contributed by atoms with van der Waals surface area (Å²) in [4.78, 5) is 2.92. The smallest absolute Gasteiger partial charge is 0.238 e. The van der Waals surface area contributed by atoms with Crippen LogP contribution in [0.1, 0.15) is 11.1 Å². The average Bonchev–Trinajstić information content (AvgIpc) is 2.40. The molecule has 0 aliphatic heterocycles. The zero-order valence-corrected chi connectivity index (χ0v) is 12.0. The Morgan fingerprint density at radius 3 is 2.20 bits per heavy atom. The number of nitrogens with zero attached hydrogens (tertiary/aromatic N) is 1. The Hall–Kier alpha value is -1.80. The van der Waals surface area contributed by atoms with Crippen LogP contribution in [0.15, 0.2) is 40.9 Å². The van der Waals surface area contributed by atoms with Crippen LogP contribution in [0, 0.1) is 13.5 Å². The first-order chi connectivity index (χ1) is 9.32. The lowest BCUT2D eigenvalue weighted by molar-refractivity contribution is -0.136. The SMILES string of the molecule is [C-]#[N+]c1ccc(-c2ccc(C)c(Br)c2)cc1C(F)(F)F. The lowest BCUT2D eigenvalue weighted by Crippen LogP contribution is -2.05. The van der Waals surface area contributed by atoms with Crippen LogP contribution in [0.2, 0.25) is 0 Å². The number of rotatable bonds is 1. The minimum absolute atomic E-state index is 0.382. The van der Waals surface area contributed by atoms with E-state index in [9.17, 15) is 13.2 Å². The van der Waals surface area contributed by atoms with E-state index in [1.54, 1.807) is 12.1 Å². The van der Waals surface area contributed by atoms with Gasteiger partial charge in [-0.25, -0.2) is 4.85 Å². The lowest BCUT2D eigenvalue weighted by Gasteiger charge is -2.11. The summed E-state index contributed by atoms with van der Waals surface area (Å²) in [5, 5.41) is 0. The van der Waals surface area contributed by atoms with E-state index in [1.165, 1.54) is 12.1 Å². The van der Waals surface area contributed by atoms with E-state index < -0.39 is 11.7 Å². The summed E-state index contributed by atoms with van der Waals surface area (Å²) in [5.74, 6) is 0. The number of alkyl halides is 3. The highest BCUT2D eigenvalue weighted by Gasteiger charge is 2.33. The van der Waals surface area contributed by atoms with Crippen molar-refractivity contribution in [3.05, 3.63) is 63.4 Å². The molecule has 0 bridgehead atoms. The first-order valence-electron chi connectivity index (χ1n) is 5.68. The molecule has 0 radical (unpaired) electrons. The molecule has 0 N–H and O–H groups in total. The average molecular weight is 340 g/mol. The summed E-state index contributed by atoms with van der Waals surface area (Å²) < 4.78 is 39.6. The van der Waals surface area contributed by atoms with Crippen molar-refractivity contribution in [2.45, 2.75) is 13.1 Å². The van der Waals surface area contributed by atoms with E-state index in [4.69, 9.17) is 6.57 Å². The van der Waals surface area contributed by atoms with Crippen molar-refractivity contribution in [2.75, 3.05) is 0 Å². The zero-order valence-electron chi connectivity index (χ0n) is 10.4. The normalized spacial score (nSPS) is 11.2. The van der Waals surface area contributed by atoms with Gasteiger partial charge in [-0.05, 0) is 29.7 Å². The van der Waals surface area contributed by atoms with E-state index in [0.29, 0.717) is 11.1 Å². The number of aryl methyl sites for hydroxylation is 1. The molecule has 5 heteroatoms. The quantitative estimate of drug-likeness (QED) is 0.561. The summed E-state index contributed by atoms with van der Waals surface area (Å²) in [5.41, 5.74) is 0.826. The Morgan fingerprint density at radius 1 is 1.05 bits per heavy atom. The number of halogens is 4. The molecule has 0 saturated heterocycles. The predicted molar refractivity (Wildman–Crippen MR) is 75.6 cm³/mol. The van der Waals surface area contributed by atoms with Gasteiger partial charge < -0.3 is 0 Å². The summed E-state index contributed by atoms with van der Waals surface area (Å²) in [6.07, 6.45) is -4.53. The lowest BCUT2D eigenvalue weighted by atomic mass is 10.0. The Kier molecular flexibility index (Phi) is 3.87. The molecule has 2 aromatic carbocycles. The first kappa shape index (κ1) is 14.6. The van der Waals surface area contributed by atoms with Crippen LogP contribution < -0.4 is 0 Å². The fourth-order valence-electron chi connectivity index (χ4n) is 1.81. The molecule has 0 saturated carbocycles. The Labute approximate surface area is 123 Å². The van der Waals surface area contributed by atoms with Crippen LogP contribution in [-0.2, 0) is 6.18 Å². The fraction of sp³-hybridized carbons (Fsp3) is 0.133. The highest BCUT2D eigenvalue weighted by molar-refractivity contribution is 9.10. The summed E-state index contributed by atoms with van der Waals surface area (Å²) in [7, 11) is 0. The van der Waals surface area contributed by atoms with Crippen molar-refractivity contribution in [2.24, 2.45) is 0 Å². The maximum atomic E-state index is 12.9. The maximum Gasteiger partial charge on any atom is 0.407 e. The van der Waals surface area contributed by atoms with Crippen molar-refractivity contribution in [3.63, 3.8) is 0 Å². The second-order valence-electron chi connectivity index (χ2n) is 4.31. The Balaban J connectivity index is 2.59. The van der Waals surface area contributed by atoms with E-state index in [-0.39, 0.29) is 5.69 Å². The van der Waals surface area contributed by atoms with Gasteiger partial charge in [0.15, 0.2) is 5.69 Å². The van der Waals surface area contributed by atoms with E-state index in [1.807, 2.05) is 13.0 Å². The number of benzene rings is 2. The van der Waals surface area contributed by atoms with Crippen LogP contribution in [0.25, 0.3) is 16.0 Å². The third-order valence-corrected chi connectivity index (χ3v) is 3.78. The van der Waals surface area contributed by atoms with Gasteiger partial charge in [-0.15, -0.1) is 0 Å². The van der Waals surface area contributed by atoms with Crippen molar-refractivity contribution >= 4 is 21.6 Å². The molecular weight excluding hydrogens is 331 g/mol. The van der Waals surface area contributed by atoms with Gasteiger partial charge in [-0.1, -0.05) is 46.3 Å². The Bertz CT molecular complexity index is 699. The van der Waals surface area contributed by atoms with Crippen LogP contribution >= 0.6 is 15.9 Å². The standard InChI is InChI=1S/C15H9BrF3N/c1-9-3-4-11(8-13(9)16)10-5-6-14(20-2)12(7-10)15(17,18)19/h3-8H,1H3. The van der Waals surface area contributed by atoms with Gasteiger partial charge in [0.1, 0.15) is 0 Å². The van der Waals surface area contributed by atoms with Crippen LogP contribution in [-0.4, -0.2) is 0 Å². The summed E-state index contributed by atoms with van der Waals surface area (Å²) in [6, 6.07) is 9.11. The van der Waals surface area contributed by atoms with Gasteiger partial charge in [0.2, 0.25) is 0 Å². The molecule has 20 heavy (non-hydrogen) atoms. The molecule has 0 amide bonds. The molecular formula is C15H9BrF3N. The topological polar surface area (TPSA) is 4.36 Å². The molecule has 0 aliphatic carbocycles. The van der Waals surface area contributed by atoms with Crippen molar-refractivity contribution in [1.29, 1.82) is 0 Å². The molecule has 0 fully saturated rings. The van der Waals surface area contributed by atoms with Gasteiger partial charge in [0, 0.05) is 4.47 Å². The monoisotopic (exact) mass is 339 g/mol.